The molecule has 1 heterocycles. The summed E-state index contributed by atoms with van der Waals surface area (Å²) in [7, 11) is 0. The molecular formula is C16H25F2N3. The second-order valence-corrected chi connectivity index (χ2v) is 5.55. The largest absolute Gasteiger partial charge is 0.329 e. The Morgan fingerprint density at radius 1 is 1.29 bits per heavy atom. The molecule has 0 bridgehead atoms. The molecule has 0 spiro atoms. The highest BCUT2D eigenvalue weighted by Crippen LogP contribution is 2.29. The van der Waals surface area contributed by atoms with Crippen LogP contribution in [0.2, 0.25) is 0 Å². The van der Waals surface area contributed by atoms with E-state index in [0.29, 0.717) is 6.04 Å². The van der Waals surface area contributed by atoms with E-state index in [9.17, 15) is 8.78 Å². The maximum atomic E-state index is 14.0. The fourth-order valence-corrected chi connectivity index (χ4v) is 3.37. The monoisotopic (exact) mass is 297 g/mol. The number of halogens is 2. The van der Waals surface area contributed by atoms with Gasteiger partial charge in [0.05, 0.1) is 6.04 Å². The first-order valence-corrected chi connectivity index (χ1v) is 7.74. The molecule has 0 aromatic heterocycles. The minimum atomic E-state index is -0.503. The summed E-state index contributed by atoms with van der Waals surface area (Å²) in [4.78, 5) is 4.51. The molecule has 21 heavy (non-hydrogen) atoms. The van der Waals surface area contributed by atoms with Crippen molar-refractivity contribution >= 4 is 0 Å². The Morgan fingerprint density at radius 2 is 1.90 bits per heavy atom. The van der Waals surface area contributed by atoms with E-state index in [1.54, 1.807) is 0 Å². The zero-order valence-corrected chi connectivity index (χ0v) is 12.9. The van der Waals surface area contributed by atoms with Gasteiger partial charge in [-0.05, 0) is 31.6 Å². The van der Waals surface area contributed by atoms with E-state index in [1.165, 1.54) is 18.2 Å². The lowest BCUT2D eigenvalue weighted by Gasteiger charge is -2.30. The van der Waals surface area contributed by atoms with Crippen LogP contribution in [0.5, 0.6) is 0 Å². The molecule has 1 aromatic rings. The number of hydrogen-bond acceptors (Lipinski definition) is 3. The van der Waals surface area contributed by atoms with Gasteiger partial charge < -0.3 is 5.73 Å². The van der Waals surface area contributed by atoms with E-state index >= 15 is 0 Å². The molecule has 2 rings (SSSR count). The summed E-state index contributed by atoms with van der Waals surface area (Å²) >= 11 is 0. The van der Waals surface area contributed by atoms with Crippen molar-refractivity contribution in [1.82, 2.24) is 9.80 Å². The molecule has 2 N–H and O–H groups in total. The molecule has 0 aliphatic carbocycles. The molecule has 3 nitrogen and oxygen atoms in total. The highest BCUT2D eigenvalue weighted by Gasteiger charge is 2.33. The van der Waals surface area contributed by atoms with Crippen molar-refractivity contribution in [2.45, 2.75) is 32.4 Å². The fraction of sp³-hybridized carbons (Fsp3) is 0.625. The quantitative estimate of drug-likeness (QED) is 0.875. The zero-order chi connectivity index (χ0) is 15.4. The second-order valence-electron chi connectivity index (χ2n) is 5.55. The first-order valence-electron chi connectivity index (χ1n) is 7.74. The topological polar surface area (TPSA) is 32.5 Å². The Labute approximate surface area is 125 Å². The third kappa shape index (κ3) is 3.42. The smallest absolute Gasteiger partial charge is 0.130 e. The van der Waals surface area contributed by atoms with Gasteiger partial charge in [0.1, 0.15) is 11.6 Å². The van der Waals surface area contributed by atoms with Crippen LogP contribution in [0.15, 0.2) is 18.2 Å². The Kier molecular flexibility index (Phi) is 5.67. The van der Waals surface area contributed by atoms with Gasteiger partial charge in [0.15, 0.2) is 0 Å². The van der Waals surface area contributed by atoms with Crippen molar-refractivity contribution in [3.8, 4) is 0 Å². The molecule has 0 radical (unpaired) electrons. The maximum Gasteiger partial charge on any atom is 0.130 e. The van der Waals surface area contributed by atoms with Crippen molar-refractivity contribution in [3.05, 3.63) is 35.4 Å². The number of rotatable bonds is 6. The van der Waals surface area contributed by atoms with Gasteiger partial charge in [-0.3, -0.25) is 9.80 Å². The van der Waals surface area contributed by atoms with E-state index < -0.39 is 11.6 Å². The average Bonchev–Trinajstić information content (AvgIpc) is 2.94. The van der Waals surface area contributed by atoms with Gasteiger partial charge in [-0.15, -0.1) is 0 Å². The summed E-state index contributed by atoms with van der Waals surface area (Å²) in [5.74, 6) is -1.01. The third-order valence-corrected chi connectivity index (χ3v) is 4.52. The normalized spacial score (nSPS) is 21.1. The first kappa shape index (κ1) is 16.3. The van der Waals surface area contributed by atoms with E-state index in [2.05, 4.69) is 23.6 Å². The number of nitrogens with zero attached hydrogens (tertiary/aromatic N) is 2. The number of likely N-dealkylation sites (N-methyl/N-ethyl adjacent to an activating group) is 1. The van der Waals surface area contributed by atoms with Gasteiger partial charge in [-0.1, -0.05) is 19.9 Å². The lowest BCUT2D eigenvalue weighted by molar-refractivity contribution is 0.186. The summed E-state index contributed by atoms with van der Waals surface area (Å²) in [6, 6.07) is 4.07. The minimum Gasteiger partial charge on any atom is -0.329 e. The van der Waals surface area contributed by atoms with Crippen LogP contribution < -0.4 is 5.73 Å². The van der Waals surface area contributed by atoms with E-state index in [-0.39, 0.29) is 18.2 Å². The van der Waals surface area contributed by atoms with Gasteiger partial charge in [-0.2, -0.15) is 0 Å². The Hall–Kier alpha value is -1.04. The van der Waals surface area contributed by atoms with Crippen molar-refractivity contribution in [2.75, 3.05) is 32.7 Å². The summed E-state index contributed by atoms with van der Waals surface area (Å²) in [5.41, 5.74) is 5.93. The average molecular weight is 297 g/mol. The van der Waals surface area contributed by atoms with Crippen LogP contribution in [0.25, 0.3) is 0 Å². The highest BCUT2D eigenvalue weighted by atomic mass is 19.1. The zero-order valence-electron chi connectivity index (χ0n) is 12.9. The molecule has 5 heteroatoms. The third-order valence-electron chi connectivity index (χ3n) is 4.52. The number of nitrogens with two attached hydrogens (primary N) is 1. The van der Waals surface area contributed by atoms with Gasteiger partial charge >= 0.3 is 0 Å². The Bertz CT molecular complexity index is 443. The Morgan fingerprint density at radius 3 is 2.43 bits per heavy atom. The molecule has 1 fully saturated rings. The summed E-state index contributed by atoms with van der Waals surface area (Å²) < 4.78 is 28.0. The molecule has 0 saturated carbocycles. The highest BCUT2D eigenvalue weighted by molar-refractivity contribution is 5.24. The van der Waals surface area contributed by atoms with Crippen molar-refractivity contribution in [3.63, 3.8) is 0 Å². The molecule has 2 atom stereocenters. The lowest BCUT2D eigenvalue weighted by atomic mass is 10.0. The van der Waals surface area contributed by atoms with Gasteiger partial charge in [0, 0.05) is 31.2 Å². The van der Waals surface area contributed by atoms with Crippen LogP contribution in [-0.2, 0) is 0 Å². The minimum absolute atomic E-state index is 0.111. The molecule has 1 aromatic carbocycles. The molecular weight excluding hydrogens is 272 g/mol. The summed E-state index contributed by atoms with van der Waals surface area (Å²) in [5, 5.41) is 0. The molecule has 1 saturated heterocycles. The fourth-order valence-electron chi connectivity index (χ4n) is 3.37. The van der Waals surface area contributed by atoms with Crippen molar-refractivity contribution in [1.29, 1.82) is 0 Å². The van der Waals surface area contributed by atoms with Crippen LogP contribution in [0, 0.1) is 11.6 Å². The number of benzene rings is 1. The number of likely N-dealkylation sites (tertiary alicyclic amines) is 1. The van der Waals surface area contributed by atoms with E-state index in [4.69, 9.17) is 5.73 Å². The summed E-state index contributed by atoms with van der Waals surface area (Å²) in [6.45, 7) is 8.15. The predicted molar refractivity (Wildman–Crippen MR) is 81.1 cm³/mol. The molecule has 1 aliphatic heterocycles. The molecule has 0 amide bonds. The number of hydrogen-bond donors (Lipinski definition) is 1. The van der Waals surface area contributed by atoms with Gasteiger partial charge in [-0.25, -0.2) is 8.78 Å². The van der Waals surface area contributed by atoms with Crippen LogP contribution in [0.1, 0.15) is 31.9 Å². The first-order chi connectivity index (χ1) is 10.1. The lowest BCUT2D eigenvalue weighted by Crippen LogP contribution is -2.39. The van der Waals surface area contributed by atoms with E-state index in [1.807, 2.05) is 0 Å². The summed E-state index contributed by atoms with van der Waals surface area (Å²) in [6.07, 6.45) is 1.02. The Balaban J connectivity index is 2.16. The van der Waals surface area contributed by atoms with Gasteiger partial charge in [0.2, 0.25) is 0 Å². The van der Waals surface area contributed by atoms with Crippen LogP contribution in [0.3, 0.4) is 0 Å². The van der Waals surface area contributed by atoms with Crippen LogP contribution in [-0.4, -0.2) is 48.6 Å². The van der Waals surface area contributed by atoms with Crippen molar-refractivity contribution in [2.24, 2.45) is 5.73 Å². The van der Waals surface area contributed by atoms with E-state index in [0.717, 1.165) is 32.6 Å². The maximum absolute atomic E-state index is 14.0. The predicted octanol–water partition coefficient (Wildman–Crippen LogP) is 2.38. The van der Waals surface area contributed by atoms with Crippen molar-refractivity contribution < 1.29 is 8.78 Å². The molecule has 2 unspecified atom stereocenters. The standard InChI is InChI=1S/C16H25F2N3/c1-3-20(4-2)12-8-9-21(11-12)15(10-19)16-13(17)6-5-7-14(16)18/h5-7,12,15H,3-4,8-11,19H2,1-2H3. The molecule has 1 aliphatic rings. The second kappa shape index (κ2) is 7.29. The SMILES string of the molecule is CCN(CC)C1CCN(C(CN)c2c(F)cccc2F)C1. The van der Waals surface area contributed by atoms with Crippen LogP contribution >= 0.6 is 0 Å². The van der Waals surface area contributed by atoms with Gasteiger partial charge in [0.25, 0.3) is 0 Å². The van der Waals surface area contributed by atoms with Crippen LogP contribution in [0.4, 0.5) is 8.78 Å². The molecule has 118 valence electrons.